The van der Waals surface area contributed by atoms with Crippen LogP contribution in [0.15, 0.2) is 51.7 Å². The number of carboxylic acids is 1. The summed E-state index contributed by atoms with van der Waals surface area (Å²) in [7, 11) is 0. The van der Waals surface area contributed by atoms with Crippen molar-refractivity contribution in [3.63, 3.8) is 0 Å². The van der Waals surface area contributed by atoms with Crippen LogP contribution < -0.4 is 10.2 Å². The van der Waals surface area contributed by atoms with Gasteiger partial charge >= 0.3 is 5.97 Å². The molecule has 0 spiro atoms. The van der Waals surface area contributed by atoms with Crippen molar-refractivity contribution in [3.05, 3.63) is 63.8 Å². The van der Waals surface area contributed by atoms with Gasteiger partial charge in [-0.2, -0.15) is 0 Å². The summed E-state index contributed by atoms with van der Waals surface area (Å²) < 4.78 is 11.7. The number of hydrogen-bond donors (Lipinski definition) is 2. The van der Waals surface area contributed by atoms with E-state index in [4.69, 9.17) is 9.15 Å². The summed E-state index contributed by atoms with van der Waals surface area (Å²) in [5.41, 5.74) is 1.41. The van der Waals surface area contributed by atoms with Crippen molar-refractivity contribution in [2.45, 2.75) is 32.8 Å². The fourth-order valence-electron chi connectivity index (χ4n) is 3.05. The highest BCUT2D eigenvalue weighted by Gasteiger charge is 2.17. The molecule has 0 aliphatic rings. The molecule has 6 heteroatoms. The van der Waals surface area contributed by atoms with Crippen molar-refractivity contribution < 1.29 is 24.2 Å². The third-order valence-electron chi connectivity index (χ3n) is 4.30. The number of para-hydroxylation sites is 1. The predicted molar refractivity (Wildman–Crippen MR) is 106 cm³/mol. The zero-order valence-electron chi connectivity index (χ0n) is 15.8. The molecule has 2 aromatic carbocycles. The van der Waals surface area contributed by atoms with Gasteiger partial charge < -0.3 is 19.4 Å². The Labute approximate surface area is 162 Å². The minimum Gasteiger partial charge on any atom is -0.490 e. The number of aromatic carboxylic acids is 1. The van der Waals surface area contributed by atoms with Crippen LogP contribution in [0, 0.1) is 0 Å². The lowest BCUT2D eigenvalue weighted by atomic mass is 10.0. The number of benzene rings is 2. The molecule has 0 amide bonds. The molecule has 0 radical (unpaired) electrons. The molecule has 3 aromatic rings. The molecule has 1 aromatic heterocycles. The van der Waals surface area contributed by atoms with Crippen molar-refractivity contribution in [3.8, 4) is 17.1 Å². The third-order valence-corrected chi connectivity index (χ3v) is 4.30. The molecule has 0 saturated carbocycles. The van der Waals surface area contributed by atoms with Crippen LogP contribution in [0.2, 0.25) is 0 Å². The van der Waals surface area contributed by atoms with E-state index < -0.39 is 12.1 Å². The fraction of sp³-hybridized carbons (Fsp3) is 0.273. The first kappa shape index (κ1) is 19.6. The summed E-state index contributed by atoms with van der Waals surface area (Å²) in [6.07, 6.45) is 0.729. The van der Waals surface area contributed by atoms with Crippen LogP contribution in [0.5, 0.6) is 5.75 Å². The van der Waals surface area contributed by atoms with Gasteiger partial charge in [0.1, 0.15) is 23.7 Å². The van der Waals surface area contributed by atoms with Gasteiger partial charge in [-0.25, -0.2) is 4.79 Å². The summed E-state index contributed by atoms with van der Waals surface area (Å²) >= 11 is 0. The molecule has 3 rings (SSSR count). The lowest BCUT2D eigenvalue weighted by molar-refractivity contribution is 0.0697. The molecule has 0 fully saturated rings. The Morgan fingerprint density at radius 3 is 2.64 bits per heavy atom. The van der Waals surface area contributed by atoms with Gasteiger partial charge in [-0.15, -0.1) is 0 Å². The maximum atomic E-state index is 12.7. The first-order valence-electron chi connectivity index (χ1n) is 9.15. The molecule has 28 heavy (non-hydrogen) atoms. The lowest BCUT2D eigenvalue weighted by Crippen LogP contribution is -2.13. The van der Waals surface area contributed by atoms with Crippen molar-refractivity contribution >= 4 is 16.9 Å². The monoisotopic (exact) mass is 382 g/mol. The molecule has 0 bridgehead atoms. The smallest absolute Gasteiger partial charge is 0.335 e. The average Bonchev–Trinajstić information content (AvgIpc) is 2.67. The van der Waals surface area contributed by atoms with E-state index in [0.29, 0.717) is 34.6 Å². The van der Waals surface area contributed by atoms with Gasteiger partial charge in [0.05, 0.1) is 22.6 Å². The van der Waals surface area contributed by atoms with Crippen molar-refractivity contribution in [2.24, 2.45) is 0 Å². The summed E-state index contributed by atoms with van der Waals surface area (Å²) in [6.45, 7) is 3.70. The Kier molecular flexibility index (Phi) is 5.80. The van der Waals surface area contributed by atoms with Crippen LogP contribution in [-0.4, -0.2) is 28.9 Å². The van der Waals surface area contributed by atoms with Gasteiger partial charge in [-0.3, -0.25) is 4.79 Å². The van der Waals surface area contributed by atoms with Crippen LogP contribution in [0.25, 0.3) is 22.3 Å². The first-order chi connectivity index (χ1) is 13.4. The molecule has 2 N–H and O–H groups in total. The number of ether oxygens (including phenoxy) is 1. The van der Waals surface area contributed by atoms with Crippen molar-refractivity contribution in [1.82, 2.24) is 0 Å². The molecule has 146 valence electrons. The van der Waals surface area contributed by atoms with E-state index >= 15 is 0 Å². The molecule has 1 heterocycles. The molecular formula is C22H22O6. The summed E-state index contributed by atoms with van der Waals surface area (Å²) in [4.78, 5) is 24.2. The summed E-state index contributed by atoms with van der Waals surface area (Å²) in [5, 5.41) is 19.1. The van der Waals surface area contributed by atoms with Crippen LogP contribution in [-0.2, 0) is 6.42 Å². The Hall–Kier alpha value is -3.12. The van der Waals surface area contributed by atoms with Crippen molar-refractivity contribution in [2.75, 3.05) is 6.61 Å². The fourth-order valence-corrected chi connectivity index (χ4v) is 3.05. The number of aliphatic hydroxyl groups is 1. The number of aliphatic hydroxyl groups excluding tert-OH is 1. The minimum atomic E-state index is -1.08. The second-order valence-electron chi connectivity index (χ2n) is 6.70. The third kappa shape index (κ3) is 4.07. The van der Waals surface area contributed by atoms with E-state index in [9.17, 15) is 19.8 Å². The van der Waals surface area contributed by atoms with E-state index in [0.717, 1.165) is 6.42 Å². The highest BCUT2D eigenvalue weighted by atomic mass is 16.5. The van der Waals surface area contributed by atoms with Gasteiger partial charge in [0.25, 0.3) is 0 Å². The topological polar surface area (TPSA) is 97.0 Å². The van der Waals surface area contributed by atoms with Gasteiger partial charge in [-0.1, -0.05) is 25.5 Å². The SMILES string of the molecule is CCCc1cc(C(=O)O)cc2c(=O)cc(-c3ccccc3OCC(C)O)oc12. The molecular weight excluding hydrogens is 360 g/mol. The van der Waals surface area contributed by atoms with Gasteiger partial charge in [0, 0.05) is 6.07 Å². The van der Waals surface area contributed by atoms with Crippen LogP contribution in [0.4, 0.5) is 0 Å². The second kappa shape index (κ2) is 8.27. The Morgan fingerprint density at radius 1 is 1.21 bits per heavy atom. The normalized spacial score (nSPS) is 12.1. The number of hydrogen-bond acceptors (Lipinski definition) is 5. The van der Waals surface area contributed by atoms with E-state index in [1.807, 2.05) is 6.92 Å². The molecule has 1 unspecified atom stereocenters. The summed E-state index contributed by atoms with van der Waals surface area (Å²) in [6, 6.07) is 11.3. The maximum absolute atomic E-state index is 12.7. The van der Waals surface area contributed by atoms with E-state index in [1.165, 1.54) is 12.1 Å². The Balaban J connectivity index is 2.20. The number of fused-ring (bicyclic) bond motifs is 1. The van der Waals surface area contributed by atoms with Gasteiger partial charge in [-0.05, 0) is 43.2 Å². The largest absolute Gasteiger partial charge is 0.490 e. The zero-order valence-corrected chi connectivity index (χ0v) is 15.8. The minimum absolute atomic E-state index is 0.0664. The molecule has 1 atom stereocenters. The zero-order chi connectivity index (χ0) is 20.3. The molecule has 0 aliphatic heterocycles. The Morgan fingerprint density at radius 2 is 1.96 bits per heavy atom. The molecule has 0 aliphatic carbocycles. The van der Waals surface area contributed by atoms with Crippen LogP contribution >= 0.6 is 0 Å². The highest BCUT2D eigenvalue weighted by molar-refractivity contribution is 5.94. The molecule has 6 nitrogen and oxygen atoms in total. The van der Waals surface area contributed by atoms with Crippen LogP contribution in [0.1, 0.15) is 36.2 Å². The quantitative estimate of drug-likeness (QED) is 0.644. The number of carbonyl (C=O) groups is 1. The second-order valence-corrected chi connectivity index (χ2v) is 6.70. The van der Waals surface area contributed by atoms with Crippen molar-refractivity contribution in [1.29, 1.82) is 0 Å². The first-order valence-corrected chi connectivity index (χ1v) is 9.15. The van der Waals surface area contributed by atoms with Gasteiger partial charge in [0.2, 0.25) is 0 Å². The average molecular weight is 382 g/mol. The van der Waals surface area contributed by atoms with E-state index in [-0.39, 0.29) is 23.0 Å². The number of carboxylic acid groups (broad SMARTS) is 1. The molecule has 0 saturated heterocycles. The predicted octanol–water partition coefficient (Wildman–Crippen LogP) is 3.87. The summed E-state index contributed by atoms with van der Waals surface area (Å²) in [5.74, 6) is -0.260. The standard InChI is InChI=1S/C22H22O6/c1-3-6-14-9-15(22(25)26)10-17-18(24)11-20(28-21(14)17)16-7-4-5-8-19(16)27-12-13(2)23/h4-5,7-11,13,23H,3,6,12H2,1-2H3,(H,25,26). The number of aryl methyl sites for hydroxylation is 1. The van der Waals surface area contributed by atoms with E-state index in [2.05, 4.69) is 0 Å². The van der Waals surface area contributed by atoms with E-state index in [1.54, 1.807) is 37.3 Å². The maximum Gasteiger partial charge on any atom is 0.335 e. The Bertz CT molecular complexity index is 1060. The van der Waals surface area contributed by atoms with Gasteiger partial charge in [0.15, 0.2) is 5.43 Å². The highest BCUT2D eigenvalue weighted by Crippen LogP contribution is 2.32. The number of rotatable bonds is 7. The lowest BCUT2D eigenvalue weighted by Gasteiger charge is -2.13. The van der Waals surface area contributed by atoms with Crippen LogP contribution in [0.3, 0.4) is 0 Å².